The molecule has 0 radical (unpaired) electrons. The summed E-state index contributed by atoms with van der Waals surface area (Å²) in [4.78, 5) is 11.2. The van der Waals surface area contributed by atoms with E-state index >= 15 is 0 Å². The maximum absolute atomic E-state index is 11.2. The number of carbonyl (C=O) groups is 1. The fraction of sp³-hybridized carbons (Fsp3) is 0.444. The molecule has 0 aromatic heterocycles. The highest BCUT2D eigenvalue weighted by Gasteiger charge is 2.24. The second kappa shape index (κ2) is 12.5. The van der Waals surface area contributed by atoms with Gasteiger partial charge in [0.2, 0.25) is 0 Å². The van der Waals surface area contributed by atoms with Gasteiger partial charge in [-0.1, -0.05) is 26.0 Å². The molecule has 5 nitrogen and oxygen atoms in total. The largest absolute Gasteiger partial charge is 0.497 e. The van der Waals surface area contributed by atoms with E-state index in [2.05, 4.69) is 15.4 Å². The van der Waals surface area contributed by atoms with Crippen molar-refractivity contribution in [1.29, 1.82) is 0 Å². The van der Waals surface area contributed by atoms with E-state index in [1.54, 1.807) is 14.2 Å². The Labute approximate surface area is 150 Å². The maximum Gasteiger partial charge on any atom is 0.171 e. The van der Waals surface area contributed by atoms with E-state index < -0.39 is 0 Å². The first-order chi connectivity index (χ1) is 11.6. The molecule has 134 valence electrons. The van der Waals surface area contributed by atoms with Crippen molar-refractivity contribution in [2.45, 2.75) is 33.7 Å². The van der Waals surface area contributed by atoms with Crippen LogP contribution in [0.2, 0.25) is 0 Å². The van der Waals surface area contributed by atoms with E-state index in [0.29, 0.717) is 10.7 Å². The van der Waals surface area contributed by atoms with Crippen molar-refractivity contribution >= 4 is 23.6 Å². The lowest BCUT2D eigenvalue weighted by atomic mass is 9.97. The number of aldehydes is 1. The number of carbonyl (C=O) groups excluding carboxylic acids is 1. The number of ether oxygens (including phenoxy) is 2. The summed E-state index contributed by atoms with van der Waals surface area (Å²) in [5, 5.41) is 6.57. The third-order valence-electron chi connectivity index (χ3n) is 3.19. The SMILES string of the molecule is CC.CCOC.COc1ccc(C2NC(=S)NC(C)=C2C=O)cc1. The number of rotatable bonds is 4. The van der Waals surface area contributed by atoms with Gasteiger partial charge in [0.1, 0.15) is 12.0 Å². The molecule has 0 bridgehead atoms. The molecule has 1 aromatic rings. The molecule has 1 aliphatic heterocycles. The van der Waals surface area contributed by atoms with E-state index in [1.165, 1.54) is 0 Å². The summed E-state index contributed by atoms with van der Waals surface area (Å²) in [5.41, 5.74) is 2.42. The van der Waals surface area contributed by atoms with E-state index in [9.17, 15) is 4.79 Å². The molecule has 0 saturated carbocycles. The standard InChI is InChI=1S/C13H14N2O2S.C3H8O.C2H6/c1-8-11(7-16)12(15-13(18)14-8)9-3-5-10(17-2)6-4-9;1-3-4-2;1-2/h3-7,12H,1-2H3,(H2,14,15,18);3H2,1-2H3;1-2H3. The lowest BCUT2D eigenvalue weighted by molar-refractivity contribution is -0.105. The fourth-order valence-corrected chi connectivity index (χ4v) is 2.19. The van der Waals surface area contributed by atoms with E-state index in [1.807, 2.05) is 52.0 Å². The van der Waals surface area contributed by atoms with Crippen LogP contribution in [0, 0.1) is 0 Å². The molecule has 0 aliphatic carbocycles. The van der Waals surface area contributed by atoms with Crippen LogP contribution in [0.25, 0.3) is 0 Å². The van der Waals surface area contributed by atoms with E-state index in [4.69, 9.17) is 17.0 Å². The minimum absolute atomic E-state index is 0.206. The number of thiocarbonyl (C=S) groups is 1. The molecule has 2 N–H and O–H groups in total. The van der Waals surface area contributed by atoms with Gasteiger partial charge in [-0.3, -0.25) is 4.79 Å². The van der Waals surface area contributed by atoms with Crippen LogP contribution in [-0.2, 0) is 9.53 Å². The fourth-order valence-electron chi connectivity index (χ4n) is 1.92. The third-order valence-corrected chi connectivity index (χ3v) is 3.41. The Kier molecular flexibility index (Phi) is 11.5. The van der Waals surface area contributed by atoms with Crippen LogP contribution in [0.1, 0.15) is 39.3 Å². The predicted molar refractivity (Wildman–Crippen MR) is 102 cm³/mol. The molecule has 0 spiro atoms. The summed E-state index contributed by atoms with van der Waals surface area (Å²) in [6, 6.07) is 7.35. The van der Waals surface area contributed by atoms with Crippen LogP contribution in [0.15, 0.2) is 35.5 Å². The molecule has 0 saturated heterocycles. The van der Waals surface area contributed by atoms with Gasteiger partial charge in [-0.15, -0.1) is 0 Å². The Bertz CT molecular complexity index is 540. The van der Waals surface area contributed by atoms with Crippen molar-refractivity contribution in [1.82, 2.24) is 10.6 Å². The average Bonchev–Trinajstić information content (AvgIpc) is 2.63. The Morgan fingerprint density at radius 3 is 2.17 bits per heavy atom. The van der Waals surface area contributed by atoms with Crippen molar-refractivity contribution in [2.75, 3.05) is 20.8 Å². The van der Waals surface area contributed by atoms with Gasteiger partial charge in [0, 0.05) is 25.0 Å². The van der Waals surface area contributed by atoms with Crippen molar-refractivity contribution in [2.24, 2.45) is 0 Å². The molecule has 0 fully saturated rings. The first kappa shape index (κ1) is 22.1. The minimum Gasteiger partial charge on any atom is -0.497 e. The van der Waals surface area contributed by atoms with Gasteiger partial charge >= 0.3 is 0 Å². The molecular weight excluding hydrogens is 324 g/mol. The zero-order valence-corrected chi connectivity index (χ0v) is 16.1. The summed E-state index contributed by atoms with van der Waals surface area (Å²) in [5.74, 6) is 0.781. The number of hydrogen-bond acceptors (Lipinski definition) is 4. The number of nitrogens with one attached hydrogen (secondary N) is 2. The summed E-state index contributed by atoms with van der Waals surface area (Å²) < 4.78 is 9.65. The van der Waals surface area contributed by atoms with E-state index in [-0.39, 0.29) is 6.04 Å². The zero-order chi connectivity index (χ0) is 18.5. The zero-order valence-electron chi connectivity index (χ0n) is 15.3. The topological polar surface area (TPSA) is 59.6 Å². The molecule has 0 amide bonds. The normalized spacial score (nSPS) is 15.8. The first-order valence-electron chi connectivity index (χ1n) is 7.93. The summed E-state index contributed by atoms with van der Waals surface area (Å²) in [7, 11) is 3.30. The average molecular weight is 353 g/mol. The third kappa shape index (κ3) is 6.68. The second-order valence-electron chi connectivity index (χ2n) is 4.58. The van der Waals surface area contributed by atoms with Crippen LogP contribution in [0.4, 0.5) is 0 Å². The molecule has 1 aliphatic rings. The van der Waals surface area contributed by atoms with Gasteiger partial charge < -0.3 is 20.1 Å². The van der Waals surface area contributed by atoms with Gasteiger partial charge in [-0.2, -0.15) is 0 Å². The molecular formula is C18H28N2O3S. The van der Waals surface area contributed by atoms with Crippen LogP contribution in [0.3, 0.4) is 0 Å². The van der Waals surface area contributed by atoms with Gasteiger partial charge in [-0.25, -0.2) is 0 Å². The number of methoxy groups -OCH3 is 2. The maximum atomic E-state index is 11.2. The van der Waals surface area contributed by atoms with Crippen LogP contribution >= 0.6 is 12.2 Å². The van der Waals surface area contributed by atoms with Crippen molar-refractivity contribution < 1.29 is 14.3 Å². The van der Waals surface area contributed by atoms with Gasteiger partial charge in [-0.05, 0) is 43.8 Å². The number of benzene rings is 1. The minimum atomic E-state index is -0.206. The van der Waals surface area contributed by atoms with Gasteiger partial charge in [0.05, 0.1) is 13.2 Å². The van der Waals surface area contributed by atoms with Gasteiger partial charge in [0.25, 0.3) is 0 Å². The highest BCUT2D eigenvalue weighted by molar-refractivity contribution is 7.80. The highest BCUT2D eigenvalue weighted by atomic mass is 32.1. The molecule has 1 unspecified atom stereocenters. The molecule has 24 heavy (non-hydrogen) atoms. The smallest absolute Gasteiger partial charge is 0.171 e. The van der Waals surface area contributed by atoms with E-state index in [0.717, 1.165) is 29.9 Å². The number of hydrogen-bond donors (Lipinski definition) is 2. The Balaban J connectivity index is 0.000000773. The molecule has 1 heterocycles. The van der Waals surface area contributed by atoms with Gasteiger partial charge in [0.15, 0.2) is 5.11 Å². The Morgan fingerprint density at radius 2 is 1.75 bits per heavy atom. The van der Waals surface area contributed by atoms with Crippen LogP contribution in [0.5, 0.6) is 5.75 Å². The summed E-state index contributed by atoms with van der Waals surface area (Å²) in [6.07, 6.45) is 0.853. The molecule has 6 heteroatoms. The van der Waals surface area contributed by atoms with Crippen molar-refractivity contribution in [3.05, 3.63) is 41.1 Å². The Hall–Kier alpha value is -1.92. The number of allylic oxidation sites excluding steroid dienone is 1. The molecule has 1 aromatic carbocycles. The lowest BCUT2D eigenvalue weighted by Gasteiger charge is -2.28. The Morgan fingerprint density at radius 1 is 1.21 bits per heavy atom. The predicted octanol–water partition coefficient (Wildman–Crippen LogP) is 3.37. The quantitative estimate of drug-likeness (QED) is 0.640. The van der Waals surface area contributed by atoms with Crippen LogP contribution < -0.4 is 15.4 Å². The second-order valence-corrected chi connectivity index (χ2v) is 4.99. The lowest BCUT2D eigenvalue weighted by Crippen LogP contribution is -2.43. The van der Waals surface area contributed by atoms with Crippen molar-refractivity contribution in [3.63, 3.8) is 0 Å². The van der Waals surface area contributed by atoms with Crippen LogP contribution in [-0.4, -0.2) is 32.2 Å². The summed E-state index contributed by atoms with van der Waals surface area (Å²) >= 11 is 5.11. The summed E-state index contributed by atoms with van der Waals surface area (Å²) in [6.45, 7) is 8.62. The first-order valence-corrected chi connectivity index (χ1v) is 8.34. The monoisotopic (exact) mass is 352 g/mol. The highest BCUT2D eigenvalue weighted by Crippen LogP contribution is 2.26. The molecule has 2 rings (SSSR count). The molecule has 1 atom stereocenters. The van der Waals surface area contributed by atoms with Crippen molar-refractivity contribution in [3.8, 4) is 5.75 Å².